The van der Waals surface area contributed by atoms with Crippen LogP contribution in [0.4, 0.5) is 8.78 Å². The molecule has 0 radical (unpaired) electrons. The van der Waals surface area contributed by atoms with Gasteiger partial charge in [-0.05, 0) is 30.5 Å². The molecule has 1 aliphatic rings. The van der Waals surface area contributed by atoms with Gasteiger partial charge in [-0.1, -0.05) is 6.58 Å². The number of aromatic nitrogens is 2. The monoisotopic (exact) mass is 402 g/mol. The van der Waals surface area contributed by atoms with Crippen LogP contribution in [0.5, 0.6) is 11.6 Å². The molecule has 1 atom stereocenters. The molecule has 0 saturated carbocycles. The number of hydrogen-bond donors (Lipinski definition) is 0. The number of hydrogen-bond acceptors (Lipinski definition) is 6. The molecule has 1 unspecified atom stereocenters. The first-order chi connectivity index (χ1) is 14.0. The van der Waals surface area contributed by atoms with E-state index in [9.17, 15) is 13.6 Å². The van der Waals surface area contributed by atoms with Gasteiger partial charge in [-0.2, -0.15) is 10.2 Å². The first kappa shape index (κ1) is 20.4. The van der Waals surface area contributed by atoms with Gasteiger partial charge in [0.2, 0.25) is 5.88 Å². The summed E-state index contributed by atoms with van der Waals surface area (Å²) in [4.78, 5) is 12.7. The molecule has 0 fully saturated rings. The SMILES string of the molecule is C=C(CCCOc1cc(OC)cnn1)C(=O)N1N=CCC1c1cc(F)cc(F)c1. The van der Waals surface area contributed by atoms with E-state index in [4.69, 9.17) is 9.47 Å². The molecule has 1 aliphatic heterocycles. The third-order valence-corrected chi connectivity index (χ3v) is 4.33. The summed E-state index contributed by atoms with van der Waals surface area (Å²) >= 11 is 0. The Kier molecular flexibility index (Phi) is 6.48. The van der Waals surface area contributed by atoms with Crippen LogP contribution in [-0.4, -0.2) is 41.0 Å². The van der Waals surface area contributed by atoms with Crippen LogP contribution in [0, 0.1) is 11.6 Å². The Labute approximate surface area is 166 Å². The maximum absolute atomic E-state index is 13.5. The summed E-state index contributed by atoms with van der Waals surface area (Å²) in [6.07, 6.45) is 4.26. The van der Waals surface area contributed by atoms with Gasteiger partial charge < -0.3 is 9.47 Å². The van der Waals surface area contributed by atoms with Crippen LogP contribution in [0.25, 0.3) is 0 Å². The molecule has 0 aliphatic carbocycles. The highest BCUT2D eigenvalue weighted by molar-refractivity contribution is 5.94. The van der Waals surface area contributed by atoms with Gasteiger partial charge in [0.1, 0.15) is 17.4 Å². The Bertz CT molecular complexity index is 915. The molecule has 1 aromatic heterocycles. The number of carbonyl (C=O) groups is 1. The average molecular weight is 402 g/mol. The van der Waals surface area contributed by atoms with E-state index < -0.39 is 23.6 Å². The first-order valence-corrected chi connectivity index (χ1v) is 8.97. The highest BCUT2D eigenvalue weighted by atomic mass is 19.1. The lowest BCUT2D eigenvalue weighted by Gasteiger charge is -2.23. The van der Waals surface area contributed by atoms with Crippen LogP contribution in [0.3, 0.4) is 0 Å². The fourth-order valence-electron chi connectivity index (χ4n) is 2.90. The van der Waals surface area contributed by atoms with Gasteiger partial charge in [-0.25, -0.2) is 13.8 Å². The van der Waals surface area contributed by atoms with Gasteiger partial charge in [-0.15, -0.1) is 5.10 Å². The van der Waals surface area contributed by atoms with Crippen LogP contribution in [0.2, 0.25) is 0 Å². The zero-order chi connectivity index (χ0) is 20.8. The van der Waals surface area contributed by atoms with E-state index in [0.717, 1.165) is 6.07 Å². The van der Waals surface area contributed by atoms with Crippen molar-refractivity contribution in [2.75, 3.05) is 13.7 Å². The Balaban J connectivity index is 1.53. The highest BCUT2D eigenvalue weighted by Gasteiger charge is 2.30. The largest absolute Gasteiger partial charge is 0.495 e. The van der Waals surface area contributed by atoms with Crippen molar-refractivity contribution >= 4 is 12.1 Å². The lowest BCUT2D eigenvalue weighted by molar-refractivity contribution is -0.129. The number of amides is 1. The number of rotatable bonds is 8. The Morgan fingerprint density at radius 3 is 2.76 bits per heavy atom. The summed E-state index contributed by atoms with van der Waals surface area (Å²) in [7, 11) is 1.52. The predicted molar refractivity (Wildman–Crippen MR) is 102 cm³/mol. The fraction of sp³-hybridized carbons (Fsp3) is 0.300. The van der Waals surface area contributed by atoms with E-state index in [0.29, 0.717) is 48.6 Å². The first-order valence-electron chi connectivity index (χ1n) is 8.97. The van der Waals surface area contributed by atoms with Crippen molar-refractivity contribution in [1.29, 1.82) is 0 Å². The molecule has 2 heterocycles. The number of methoxy groups -OCH3 is 1. The van der Waals surface area contributed by atoms with Crippen LogP contribution in [0.15, 0.2) is 47.7 Å². The zero-order valence-corrected chi connectivity index (χ0v) is 15.8. The molecule has 0 bridgehead atoms. The number of carbonyl (C=O) groups excluding carboxylic acids is 1. The molecular formula is C20H20F2N4O3. The molecule has 2 aromatic rings. The van der Waals surface area contributed by atoms with E-state index in [1.165, 1.54) is 30.4 Å². The highest BCUT2D eigenvalue weighted by Crippen LogP contribution is 2.30. The summed E-state index contributed by atoms with van der Waals surface area (Å²) in [5, 5.41) is 12.9. The standard InChI is InChI=1S/C20H20F2N4O3/c1-13(4-3-7-29-19-11-17(28-2)12-23-25-19)20(27)26-18(5-6-24-26)14-8-15(21)10-16(22)9-14/h6,8-12,18H,1,3-5,7H2,2H3. The number of halogens is 2. The maximum Gasteiger partial charge on any atom is 0.269 e. The van der Waals surface area contributed by atoms with Crippen LogP contribution in [-0.2, 0) is 4.79 Å². The quantitative estimate of drug-likeness (QED) is 0.499. The fourth-order valence-corrected chi connectivity index (χ4v) is 2.90. The van der Waals surface area contributed by atoms with Crippen molar-refractivity contribution in [2.24, 2.45) is 5.10 Å². The van der Waals surface area contributed by atoms with Crippen molar-refractivity contribution in [3.8, 4) is 11.6 Å². The molecule has 0 spiro atoms. The second kappa shape index (κ2) is 9.22. The predicted octanol–water partition coefficient (Wildman–Crippen LogP) is 3.44. The van der Waals surface area contributed by atoms with Gasteiger partial charge in [-0.3, -0.25) is 4.79 Å². The third-order valence-electron chi connectivity index (χ3n) is 4.33. The lowest BCUT2D eigenvalue weighted by Crippen LogP contribution is -2.28. The van der Waals surface area contributed by atoms with Crippen LogP contribution in [0.1, 0.15) is 30.9 Å². The third kappa shape index (κ3) is 5.13. The van der Waals surface area contributed by atoms with E-state index in [1.54, 1.807) is 12.3 Å². The summed E-state index contributed by atoms with van der Waals surface area (Å²) < 4.78 is 37.6. The second-order valence-electron chi connectivity index (χ2n) is 6.39. The Morgan fingerprint density at radius 1 is 1.28 bits per heavy atom. The van der Waals surface area contributed by atoms with Crippen molar-refractivity contribution in [2.45, 2.75) is 25.3 Å². The minimum atomic E-state index is -0.698. The molecule has 1 aromatic carbocycles. The number of benzene rings is 1. The molecule has 0 N–H and O–H groups in total. The van der Waals surface area contributed by atoms with Crippen LogP contribution >= 0.6 is 0 Å². The van der Waals surface area contributed by atoms with Crippen molar-refractivity contribution in [3.05, 3.63) is 59.8 Å². The molecule has 152 valence electrons. The second-order valence-corrected chi connectivity index (χ2v) is 6.39. The van der Waals surface area contributed by atoms with Gasteiger partial charge in [0, 0.05) is 30.3 Å². The number of hydrazone groups is 1. The molecule has 9 heteroatoms. The van der Waals surface area contributed by atoms with Crippen molar-refractivity contribution in [3.63, 3.8) is 0 Å². The number of nitrogens with zero attached hydrogens (tertiary/aromatic N) is 4. The van der Waals surface area contributed by atoms with E-state index >= 15 is 0 Å². The van der Waals surface area contributed by atoms with Gasteiger partial charge >= 0.3 is 0 Å². The smallest absolute Gasteiger partial charge is 0.269 e. The van der Waals surface area contributed by atoms with Gasteiger partial charge in [0.25, 0.3) is 5.91 Å². The van der Waals surface area contributed by atoms with Crippen molar-refractivity contribution < 1.29 is 23.0 Å². The molecule has 29 heavy (non-hydrogen) atoms. The van der Waals surface area contributed by atoms with E-state index in [2.05, 4.69) is 21.9 Å². The lowest BCUT2D eigenvalue weighted by atomic mass is 10.0. The van der Waals surface area contributed by atoms with E-state index in [1.807, 2.05) is 0 Å². The minimum absolute atomic E-state index is 0.302. The topological polar surface area (TPSA) is 76.9 Å². The normalized spacial score (nSPS) is 15.4. The number of ether oxygens (including phenoxy) is 2. The van der Waals surface area contributed by atoms with Crippen LogP contribution < -0.4 is 9.47 Å². The summed E-state index contributed by atoms with van der Waals surface area (Å²) in [6.45, 7) is 4.12. The molecule has 3 rings (SSSR count). The average Bonchev–Trinajstić information content (AvgIpc) is 3.20. The zero-order valence-electron chi connectivity index (χ0n) is 15.8. The van der Waals surface area contributed by atoms with Gasteiger partial charge in [0.05, 0.1) is 26.0 Å². The molecule has 0 saturated heterocycles. The maximum atomic E-state index is 13.5. The van der Waals surface area contributed by atoms with E-state index in [-0.39, 0.29) is 0 Å². The summed E-state index contributed by atoms with van der Waals surface area (Å²) in [5.74, 6) is -0.943. The Morgan fingerprint density at radius 2 is 2.03 bits per heavy atom. The summed E-state index contributed by atoms with van der Waals surface area (Å²) in [5.41, 5.74) is 0.673. The molecular weight excluding hydrogens is 382 g/mol. The van der Waals surface area contributed by atoms with Gasteiger partial charge in [0.15, 0.2) is 0 Å². The molecule has 1 amide bonds. The minimum Gasteiger partial charge on any atom is -0.495 e. The van der Waals surface area contributed by atoms with Crippen molar-refractivity contribution in [1.82, 2.24) is 15.2 Å². The molecule has 7 nitrogen and oxygen atoms in total. The Hall–Kier alpha value is -3.36. The summed E-state index contributed by atoms with van der Waals surface area (Å²) in [6, 6.07) is 4.24.